The molecule has 0 amide bonds. The van der Waals surface area contributed by atoms with E-state index in [1.165, 1.54) is 0 Å². The zero-order valence-corrected chi connectivity index (χ0v) is 12.4. The zero-order chi connectivity index (χ0) is 11.1. The minimum atomic E-state index is -0.557. The maximum atomic E-state index is 11.4. The number of hydrogen-bond donors (Lipinski definition) is 2. The van der Waals surface area contributed by atoms with Crippen molar-refractivity contribution >= 4 is 29.9 Å². The van der Waals surface area contributed by atoms with E-state index in [9.17, 15) is 4.79 Å². The molecule has 98 valence electrons. The molecule has 0 aliphatic rings. The average molecular weight is 352 g/mol. The van der Waals surface area contributed by atoms with Gasteiger partial charge in [0.05, 0.1) is 6.61 Å². The fraction of sp³-hybridized carbons (Fsp3) is 0.417. The monoisotopic (exact) mass is 352 g/mol. The van der Waals surface area contributed by atoms with E-state index in [1.807, 2.05) is 37.3 Å². The van der Waals surface area contributed by atoms with E-state index in [1.54, 1.807) is 0 Å². The van der Waals surface area contributed by atoms with Crippen molar-refractivity contribution in [2.45, 2.75) is 25.8 Å². The van der Waals surface area contributed by atoms with Crippen molar-refractivity contribution in [1.29, 1.82) is 0 Å². The van der Waals surface area contributed by atoms with Crippen molar-refractivity contribution in [3.8, 4) is 0 Å². The Morgan fingerprint density at radius 2 is 1.94 bits per heavy atom. The smallest absolute Gasteiger partial charge is 0.323 e. The third-order valence-corrected chi connectivity index (χ3v) is 2.05. The molecule has 1 rings (SSSR count). The summed E-state index contributed by atoms with van der Waals surface area (Å²) in [6.07, 6.45) is 1.35. The Labute approximate surface area is 120 Å². The summed E-state index contributed by atoms with van der Waals surface area (Å²) in [6.45, 7) is 2.40. The molecular formula is C12H21IN2O2. The predicted molar refractivity (Wildman–Crippen MR) is 79.8 cm³/mol. The van der Waals surface area contributed by atoms with Crippen LogP contribution in [-0.4, -0.2) is 18.6 Å². The normalized spacial score (nSPS) is 10.7. The molecule has 1 unspecified atom stereocenters. The summed E-state index contributed by atoms with van der Waals surface area (Å²) in [7, 11) is 0. The molecule has 0 bridgehead atoms. The molecule has 0 spiro atoms. The Morgan fingerprint density at radius 1 is 1.35 bits per heavy atom. The summed E-state index contributed by atoms with van der Waals surface area (Å²) >= 11 is 0. The second kappa shape index (κ2) is 10.5. The van der Waals surface area contributed by atoms with Gasteiger partial charge in [-0.25, -0.2) is 0 Å². The van der Waals surface area contributed by atoms with Crippen LogP contribution < -0.4 is 11.9 Å². The minimum Gasteiger partial charge on any atom is -0.465 e. The van der Waals surface area contributed by atoms with Gasteiger partial charge in [0.1, 0.15) is 6.04 Å². The highest BCUT2D eigenvalue weighted by Gasteiger charge is 2.14. The number of benzene rings is 1. The van der Waals surface area contributed by atoms with Crippen LogP contribution in [0, 0.1) is 0 Å². The highest BCUT2D eigenvalue weighted by Crippen LogP contribution is 2.02. The Hall–Kier alpha value is -0.660. The Morgan fingerprint density at radius 3 is 2.47 bits per heavy atom. The Balaban J connectivity index is 0. The van der Waals surface area contributed by atoms with Crippen molar-refractivity contribution in [3.05, 3.63) is 35.9 Å². The van der Waals surface area contributed by atoms with Crippen LogP contribution in [0.4, 0.5) is 0 Å². The lowest BCUT2D eigenvalue weighted by Gasteiger charge is -2.10. The number of ether oxygens (including phenoxy) is 1. The third-order valence-electron chi connectivity index (χ3n) is 2.05. The fourth-order valence-corrected chi connectivity index (χ4v) is 1.26. The first-order chi connectivity index (χ1) is 7.24. The quantitative estimate of drug-likeness (QED) is 0.629. The lowest BCUT2D eigenvalue weighted by molar-refractivity contribution is -0.145. The molecule has 5 heteroatoms. The van der Waals surface area contributed by atoms with Crippen molar-refractivity contribution in [1.82, 2.24) is 6.15 Å². The molecule has 0 aliphatic heterocycles. The fourth-order valence-electron chi connectivity index (χ4n) is 1.26. The minimum absolute atomic E-state index is 0. The van der Waals surface area contributed by atoms with E-state index < -0.39 is 6.04 Å². The first-order valence-corrected chi connectivity index (χ1v) is 5.20. The van der Waals surface area contributed by atoms with Crippen molar-refractivity contribution < 1.29 is 9.53 Å². The number of hydrogen-bond acceptors (Lipinski definition) is 4. The molecule has 1 aromatic carbocycles. The van der Waals surface area contributed by atoms with Crippen LogP contribution in [0.2, 0.25) is 0 Å². The molecule has 0 radical (unpaired) electrons. The van der Waals surface area contributed by atoms with Gasteiger partial charge in [0.15, 0.2) is 0 Å². The van der Waals surface area contributed by atoms with Gasteiger partial charge in [0, 0.05) is 0 Å². The number of halogens is 1. The van der Waals surface area contributed by atoms with Crippen LogP contribution in [0.3, 0.4) is 0 Å². The van der Waals surface area contributed by atoms with Gasteiger partial charge in [-0.1, -0.05) is 37.3 Å². The second-order valence-electron chi connectivity index (χ2n) is 3.46. The van der Waals surface area contributed by atoms with Gasteiger partial charge in [0.2, 0.25) is 0 Å². The van der Waals surface area contributed by atoms with E-state index in [4.69, 9.17) is 10.5 Å². The molecule has 0 fully saturated rings. The molecule has 1 atom stereocenters. The van der Waals surface area contributed by atoms with Gasteiger partial charge in [-0.2, -0.15) is 0 Å². The summed E-state index contributed by atoms with van der Waals surface area (Å²) < 4.78 is 4.96. The largest absolute Gasteiger partial charge is 0.465 e. The van der Waals surface area contributed by atoms with Gasteiger partial charge in [-0.05, 0) is 18.4 Å². The van der Waals surface area contributed by atoms with Crippen molar-refractivity contribution in [2.24, 2.45) is 5.73 Å². The highest BCUT2D eigenvalue weighted by atomic mass is 127. The molecule has 0 saturated carbocycles. The van der Waals surface area contributed by atoms with Gasteiger partial charge < -0.3 is 16.6 Å². The molecule has 0 aromatic heterocycles. The molecule has 5 N–H and O–H groups in total. The number of carbonyl (C=O) groups excluding carboxylic acids is 1. The molecule has 0 heterocycles. The molecule has 17 heavy (non-hydrogen) atoms. The summed E-state index contributed by atoms with van der Waals surface area (Å²) in [6, 6.07) is 9.14. The van der Waals surface area contributed by atoms with Gasteiger partial charge in [0.25, 0.3) is 0 Å². The van der Waals surface area contributed by atoms with Crippen LogP contribution in [-0.2, 0) is 16.0 Å². The van der Waals surface area contributed by atoms with Crippen LogP contribution >= 0.6 is 24.0 Å². The van der Waals surface area contributed by atoms with E-state index in [0.29, 0.717) is 13.0 Å². The van der Waals surface area contributed by atoms with Crippen LogP contribution in [0.15, 0.2) is 30.3 Å². The van der Waals surface area contributed by atoms with E-state index in [2.05, 4.69) is 0 Å². The maximum Gasteiger partial charge on any atom is 0.323 e. The van der Waals surface area contributed by atoms with Gasteiger partial charge >= 0.3 is 5.97 Å². The summed E-state index contributed by atoms with van der Waals surface area (Å²) in [4.78, 5) is 11.4. The summed E-state index contributed by atoms with van der Waals surface area (Å²) in [5.41, 5.74) is 6.77. The van der Waals surface area contributed by atoms with Crippen LogP contribution in [0.5, 0.6) is 0 Å². The van der Waals surface area contributed by atoms with Crippen molar-refractivity contribution in [3.63, 3.8) is 0 Å². The van der Waals surface area contributed by atoms with Gasteiger partial charge in [-0.15, -0.1) is 24.0 Å². The van der Waals surface area contributed by atoms with E-state index in [0.717, 1.165) is 12.0 Å². The molecular weight excluding hydrogens is 331 g/mol. The SMILES string of the molecule is CCCOC(=O)C(N)Cc1ccccc1.I.N. The maximum absolute atomic E-state index is 11.4. The van der Waals surface area contributed by atoms with Crippen LogP contribution in [0.25, 0.3) is 0 Å². The predicted octanol–water partition coefficient (Wildman–Crippen LogP) is 2.29. The molecule has 0 saturated heterocycles. The molecule has 0 aliphatic carbocycles. The number of carbonyl (C=O) groups is 1. The molecule has 4 nitrogen and oxygen atoms in total. The van der Waals surface area contributed by atoms with E-state index >= 15 is 0 Å². The number of esters is 1. The number of rotatable bonds is 5. The van der Waals surface area contributed by atoms with Gasteiger partial charge in [-0.3, -0.25) is 4.79 Å². The zero-order valence-electron chi connectivity index (χ0n) is 10.1. The number of nitrogens with two attached hydrogens (primary N) is 1. The molecule has 1 aromatic rings. The first-order valence-electron chi connectivity index (χ1n) is 5.20. The van der Waals surface area contributed by atoms with Crippen molar-refractivity contribution in [2.75, 3.05) is 6.61 Å². The highest BCUT2D eigenvalue weighted by molar-refractivity contribution is 14.0. The lowest BCUT2D eigenvalue weighted by atomic mass is 10.1. The summed E-state index contributed by atoms with van der Waals surface area (Å²) in [5, 5.41) is 0. The second-order valence-corrected chi connectivity index (χ2v) is 3.46. The topological polar surface area (TPSA) is 87.3 Å². The van der Waals surface area contributed by atoms with Crippen LogP contribution in [0.1, 0.15) is 18.9 Å². The third kappa shape index (κ3) is 7.30. The standard InChI is InChI=1S/C12H17NO2.HI.H3N/c1-2-8-15-12(14)11(13)9-10-6-4-3-5-7-10;;/h3-7,11H,2,8-9,13H2,1H3;1H;1H3. The first kappa shape index (κ1) is 18.7. The van der Waals surface area contributed by atoms with E-state index in [-0.39, 0.29) is 36.1 Å². The lowest BCUT2D eigenvalue weighted by Crippen LogP contribution is -2.34. The summed E-state index contributed by atoms with van der Waals surface area (Å²) in [5.74, 6) is -0.319. The Bertz CT molecular complexity index is 307. The average Bonchev–Trinajstić information content (AvgIpc) is 2.27. The Kier molecular flexibility index (Phi) is 11.5.